The van der Waals surface area contributed by atoms with E-state index >= 15 is 0 Å². The second-order valence-electron chi connectivity index (χ2n) is 11.2. The number of likely N-dealkylation sites (tertiary alicyclic amines) is 1. The molecule has 1 aromatic carbocycles. The Hall–Kier alpha value is -3.95. The lowest BCUT2D eigenvalue weighted by Crippen LogP contribution is -2.59. The molecular weight excluding hydrogens is 482 g/mol. The van der Waals surface area contributed by atoms with Gasteiger partial charge in [-0.25, -0.2) is 4.98 Å². The first-order valence-electron chi connectivity index (χ1n) is 13.5. The van der Waals surface area contributed by atoms with Crippen LogP contribution < -0.4 is 10.1 Å². The van der Waals surface area contributed by atoms with Crippen molar-refractivity contribution in [2.75, 3.05) is 18.4 Å². The normalized spacial score (nSPS) is 19.4. The minimum Gasteiger partial charge on any atom is -0.490 e. The molecule has 3 fully saturated rings. The standard InChI is InChI=1S/C28H31N7O3/c1-18(36)33-16-28(17-33)9-7-20(8-10-28)34-15-19-12-22(24(13-23(19)32-34)38-21-4-2-5-21)27(37)31-26-14-29-25-6-3-11-30-35(25)26/h3,6,11-15,20-21H,2,4-5,7-10,16-17H2,1H3,(H,31,37). The number of aromatic nitrogens is 5. The largest absolute Gasteiger partial charge is 0.490 e. The van der Waals surface area contributed by atoms with Crippen molar-refractivity contribution in [3.8, 4) is 5.75 Å². The minimum atomic E-state index is -0.263. The van der Waals surface area contributed by atoms with Crippen molar-refractivity contribution in [2.24, 2.45) is 5.41 Å². The van der Waals surface area contributed by atoms with Gasteiger partial charge in [-0.2, -0.15) is 14.7 Å². The number of ether oxygens (including phenoxy) is 1. The lowest BCUT2D eigenvalue weighted by Gasteiger charge is -2.53. The van der Waals surface area contributed by atoms with Crippen LogP contribution in [0.25, 0.3) is 16.6 Å². The summed E-state index contributed by atoms with van der Waals surface area (Å²) in [6.07, 6.45) is 12.9. The number of amides is 2. The summed E-state index contributed by atoms with van der Waals surface area (Å²) in [4.78, 5) is 31.4. The molecule has 1 spiro atoms. The third kappa shape index (κ3) is 3.99. The van der Waals surface area contributed by atoms with E-state index in [-0.39, 0.29) is 23.3 Å². The van der Waals surface area contributed by atoms with Gasteiger partial charge in [-0.05, 0) is 63.1 Å². The second kappa shape index (κ2) is 8.82. The van der Waals surface area contributed by atoms with Gasteiger partial charge in [0.25, 0.3) is 5.91 Å². The lowest BCUT2D eigenvalue weighted by molar-refractivity contribution is -0.143. The number of fused-ring (bicyclic) bond motifs is 2. The molecule has 1 N–H and O–H groups in total. The van der Waals surface area contributed by atoms with Gasteiger partial charge in [-0.15, -0.1) is 0 Å². The van der Waals surface area contributed by atoms with Gasteiger partial charge >= 0.3 is 0 Å². The summed E-state index contributed by atoms with van der Waals surface area (Å²) in [7, 11) is 0. The van der Waals surface area contributed by atoms with E-state index in [0.717, 1.165) is 68.9 Å². The van der Waals surface area contributed by atoms with E-state index in [9.17, 15) is 9.59 Å². The predicted octanol–water partition coefficient (Wildman–Crippen LogP) is 4.23. The van der Waals surface area contributed by atoms with E-state index < -0.39 is 0 Å². The Morgan fingerprint density at radius 3 is 2.68 bits per heavy atom. The van der Waals surface area contributed by atoms with Crippen LogP contribution in [0.1, 0.15) is 68.3 Å². The number of anilines is 1. The quantitative estimate of drug-likeness (QED) is 0.428. The molecule has 2 saturated carbocycles. The SMILES string of the molecule is CC(=O)N1CC2(CCC(n3cc4cc(C(=O)Nc5cnc6cccnn56)c(OC5CCC5)cc4n3)CC2)C1. The third-order valence-corrected chi connectivity index (χ3v) is 8.62. The summed E-state index contributed by atoms with van der Waals surface area (Å²) in [5, 5.41) is 13.1. The van der Waals surface area contributed by atoms with Crippen LogP contribution in [0.2, 0.25) is 0 Å². The van der Waals surface area contributed by atoms with Crippen molar-refractivity contribution in [1.29, 1.82) is 0 Å². The number of hydrogen-bond donors (Lipinski definition) is 1. The van der Waals surface area contributed by atoms with E-state index in [0.29, 0.717) is 28.8 Å². The van der Waals surface area contributed by atoms with E-state index in [1.165, 1.54) is 0 Å². The fourth-order valence-electron chi connectivity index (χ4n) is 6.08. The molecule has 0 radical (unpaired) electrons. The van der Waals surface area contributed by atoms with E-state index in [2.05, 4.69) is 26.3 Å². The molecule has 0 atom stereocenters. The molecule has 38 heavy (non-hydrogen) atoms. The first-order valence-corrected chi connectivity index (χ1v) is 13.5. The van der Waals surface area contributed by atoms with Gasteiger partial charge in [0.1, 0.15) is 5.75 Å². The van der Waals surface area contributed by atoms with Gasteiger partial charge in [0.2, 0.25) is 5.91 Å². The van der Waals surface area contributed by atoms with Gasteiger partial charge in [-0.1, -0.05) is 0 Å². The third-order valence-electron chi connectivity index (χ3n) is 8.62. The summed E-state index contributed by atoms with van der Waals surface area (Å²) in [5.41, 5.74) is 2.27. The van der Waals surface area contributed by atoms with Gasteiger partial charge in [-0.3, -0.25) is 14.3 Å². The molecular formula is C28H31N7O3. The monoisotopic (exact) mass is 513 g/mol. The Kier molecular flexibility index (Phi) is 5.38. The second-order valence-corrected chi connectivity index (χ2v) is 11.2. The Morgan fingerprint density at radius 2 is 1.95 bits per heavy atom. The van der Waals surface area contributed by atoms with Gasteiger partial charge < -0.3 is 15.0 Å². The Bertz CT molecular complexity index is 1540. The van der Waals surface area contributed by atoms with E-state index in [1.54, 1.807) is 23.8 Å². The maximum Gasteiger partial charge on any atom is 0.260 e. The molecule has 2 amide bonds. The molecule has 1 saturated heterocycles. The first-order chi connectivity index (χ1) is 18.5. The molecule has 2 aliphatic carbocycles. The number of rotatable bonds is 5. The molecule has 10 nitrogen and oxygen atoms in total. The molecule has 4 heterocycles. The van der Waals surface area contributed by atoms with E-state index in [1.807, 2.05) is 29.2 Å². The van der Waals surface area contributed by atoms with Crippen LogP contribution >= 0.6 is 0 Å². The zero-order valence-corrected chi connectivity index (χ0v) is 21.5. The van der Waals surface area contributed by atoms with Crippen LogP contribution in [0.15, 0.2) is 42.9 Å². The summed E-state index contributed by atoms with van der Waals surface area (Å²) in [6.45, 7) is 3.43. The number of carbonyl (C=O) groups is 2. The van der Waals surface area contributed by atoms with Crippen molar-refractivity contribution in [3.05, 3.63) is 48.4 Å². The molecule has 196 valence electrons. The van der Waals surface area contributed by atoms with Crippen molar-refractivity contribution in [1.82, 2.24) is 29.3 Å². The van der Waals surface area contributed by atoms with Crippen LogP contribution in [-0.4, -0.2) is 60.3 Å². The number of hydrogen-bond acceptors (Lipinski definition) is 6. The maximum atomic E-state index is 13.5. The van der Waals surface area contributed by atoms with Crippen LogP contribution in [0, 0.1) is 5.41 Å². The maximum absolute atomic E-state index is 13.5. The summed E-state index contributed by atoms with van der Waals surface area (Å²) in [5.74, 6) is 0.981. The van der Waals surface area contributed by atoms with Crippen LogP contribution in [0.4, 0.5) is 5.82 Å². The zero-order chi connectivity index (χ0) is 25.9. The highest BCUT2D eigenvalue weighted by molar-refractivity contribution is 6.08. The van der Waals surface area contributed by atoms with Gasteiger partial charge in [0, 0.05) is 49.3 Å². The van der Waals surface area contributed by atoms with Crippen molar-refractivity contribution in [2.45, 2.75) is 64.0 Å². The average Bonchev–Trinajstić information content (AvgIpc) is 3.48. The van der Waals surface area contributed by atoms with Crippen molar-refractivity contribution < 1.29 is 14.3 Å². The lowest BCUT2D eigenvalue weighted by atomic mass is 9.67. The number of carbonyl (C=O) groups excluding carboxylic acids is 2. The molecule has 1 aliphatic heterocycles. The minimum absolute atomic E-state index is 0.130. The summed E-state index contributed by atoms with van der Waals surface area (Å²) < 4.78 is 9.95. The zero-order valence-electron chi connectivity index (χ0n) is 21.5. The van der Waals surface area contributed by atoms with Crippen molar-refractivity contribution in [3.63, 3.8) is 0 Å². The Balaban J connectivity index is 1.14. The predicted molar refractivity (Wildman–Crippen MR) is 141 cm³/mol. The molecule has 0 bridgehead atoms. The molecule has 10 heteroatoms. The number of nitrogens with one attached hydrogen (secondary N) is 1. The van der Waals surface area contributed by atoms with Gasteiger partial charge in [0.05, 0.1) is 29.4 Å². The molecule has 7 rings (SSSR count). The Morgan fingerprint density at radius 1 is 1.13 bits per heavy atom. The number of benzene rings is 1. The van der Waals surface area contributed by atoms with Crippen LogP contribution in [0.5, 0.6) is 5.75 Å². The molecule has 3 aromatic heterocycles. The fraction of sp³-hybridized carbons (Fsp3) is 0.464. The number of imidazole rings is 1. The Labute approximate surface area is 220 Å². The highest BCUT2D eigenvalue weighted by Gasteiger charge is 2.46. The molecule has 3 aliphatic rings. The van der Waals surface area contributed by atoms with Crippen LogP contribution in [0.3, 0.4) is 0 Å². The molecule has 0 unspecified atom stereocenters. The first kappa shape index (κ1) is 23.2. The topological polar surface area (TPSA) is 107 Å². The fourth-order valence-corrected chi connectivity index (χ4v) is 6.08. The summed E-state index contributed by atoms with van der Waals surface area (Å²) >= 11 is 0. The van der Waals surface area contributed by atoms with Crippen LogP contribution in [-0.2, 0) is 4.79 Å². The average molecular weight is 514 g/mol. The van der Waals surface area contributed by atoms with Gasteiger partial charge in [0.15, 0.2) is 11.5 Å². The number of nitrogens with zero attached hydrogens (tertiary/aromatic N) is 6. The highest BCUT2D eigenvalue weighted by atomic mass is 16.5. The summed E-state index contributed by atoms with van der Waals surface area (Å²) in [6, 6.07) is 7.76. The van der Waals surface area contributed by atoms with E-state index in [4.69, 9.17) is 9.84 Å². The van der Waals surface area contributed by atoms with Crippen molar-refractivity contribution >= 4 is 34.2 Å². The molecule has 4 aromatic rings. The smallest absolute Gasteiger partial charge is 0.260 e. The highest BCUT2D eigenvalue weighted by Crippen LogP contribution is 2.47.